The maximum absolute atomic E-state index is 12.0. The quantitative estimate of drug-likeness (QED) is 0.734. The van der Waals surface area contributed by atoms with Gasteiger partial charge in [0.05, 0.1) is 6.61 Å². The van der Waals surface area contributed by atoms with E-state index >= 15 is 0 Å². The SMILES string of the molecule is CCOCCn1ccc2ccccc2c1=O. The molecule has 0 spiro atoms. The highest BCUT2D eigenvalue weighted by Gasteiger charge is 2.00. The van der Waals surface area contributed by atoms with Crippen LogP contribution < -0.4 is 5.56 Å². The van der Waals surface area contributed by atoms with Crippen molar-refractivity contribution in [1.29, 1.82) is 0 Å². The average molecular weight is 217 g/mol. The van der Waals surface area contributed by atoms with Gasteiger partial charge in [0.15, 0.2) is 0 Å². The van der Waals surface area contributed by atoms with Crippen molar-refractivity contribution in [2.24, 2.45) is 0 Å². The lowest BCUT2D eigenvalue weighted by Crippen LogP contribution is -2.21. The molecule has 3 nitrogen and oxygen atoms in total. The molecule has 0 saturated heterocycles. The van der Waals surface area contributed by atoms with Gasteiger partial charge in [0.25, 0.3) is 5.56 Å². The van der Waals surface area contributed by atoms with Crippen LogP contribution in [0.5, 0.6) is 0 Å². The Hall–Kier alpha value is -1.61. The van der Waals surface area contributed by atoms with E-state index in [1.807, 2.05) is 43.5 Å². The third kappa shape index (κ3) is 2.14. The Balaban J connectivity index is 2.33. The third-order valence-corrected chi connectivity index (χ3v) is 2.57. The van der Waals surface area contributed by atoms with Gasteiger partial charge in [-0.15, -0.1) is 0 Å². The number of benzene rings is 1. The van der Waals surface area contributed by atoms with E-state index in [9.17, 15) is 4.79 Å². The van der Waals surface area contributed by atoms with E-state index < -0.39 is 0 Å². The molecule has 1 aromatic heterocycles. The summed E-state index contributed by atoms with van der Waals surface area (Å²) in [5.74, 6) is 0. The summed E-state index contributed by atoms with van der Waals surface area (Å²) in [4.78, 5) is 12.0. The Morgan fingerprint density at radius 3 is 2.88 bits per heavy atom. The first-order chi connectivity index (χ1) is 7.83. The van der Waals surface area contributed by atoms with Crippen molar-refractivity contribution >= 4 is 10.8 Å². The van der Waals surface area contributed by atoms with Crippen molar-refractivity contribution in [2.45, 2.75) is 13.5 Å². The molecule has 0 fully saturated rings. The molecule has 0 N–H and O–H groups in total. The van der Waals surface area contributed by atoms with Gasteiger partial charge >= 0.3 is 0 Å². The second-order valence-corrected chi connectivity index (χ2v) is 3.60. The summed E-state index contributed by atoms with van der Waals surface area (Å²) < 4.78 is 6.94. The lowest BCUT2D eigenvalue weighted by atomic mass is 10.2. The van der Waals surface area contributed by atoms with Crippen LogP contribution in [0.1, 0.15) is 6.92 Å². The van der Waals surface area contributed by atoms with Gasteiger partial charge in [0, 0.05) is 24.7 Å². The largest absolute Gasteiger partial charge is 0.380 e. The fraction of sp³-hybridized carbons (Fsp3) is 0.308. The maximum atomic E-state index is 12.0. The number of hydrogen-bond acceptors (Lipinski definition) is 2. The van der Waals surface area contributed by atoms with Gasteiger partial charge in [0.1, 0.15) is 0 Å². The van der Waals surface area contributed by atoms with Gasteiger partial charge in [-0.05, 0) is 24.4 Å². The van der Waals surface area contributed by atoms with Gasteiger partial charge in [-0.25, -0.2) is 0 Å². The molecule has 0 saturated carbocycles. The molecule has 16 heavy (non-hydrogen) atoms. The van der Waals surface area contributed by atoms with Crippen molar-refractivity contribution in [3.8, 4) is 0 Å². The van der Waals surface area contributed by atoms with Crippen molar-refractivity contribution in [3.05, 3.63) is 46.9 Å². The van der Waals surface area contributed by atoms with Crippen molar-refractivity contribution in [2.75, 3.05) is 13.2 Å². The number of nitrogens with zero attached hydrogens (tertiary/aromatic N) is 1. The highest BCUT2D eigenvalue weighted by Crippen LogP contribution is 2.07. The van der Waals surface area contributed by atoms with Crippen molar-refractivity contribution in [1.82, 2.24) is 4.57 Å². The zero-order valence-corrected chi connectivity index (χ0v) is 9.35. The van der Waals surface area contributed by atoms with Crippen LogP contribution in [0.15, 0.2) is 41.3 Å². The van der Waals surface area contributed by atoms with Crippen LogP contribution >= 0.6 is 0 Å². The smallest absolute Gasteiger partial charge is 0.258 e. The summed E-state index contributed by atoms with van der Waals surface area (Å²) in [6.07, 6.45) is 1.82. The summed E-state index contributed by atoms with van der Waals surface area (Å²) in [5.41, 5.74) is 0.0535. The minimum atomic E-state index is 0.0535. The van der Waals surface area contributed by atoms with Crippen LogP contribution in [-0.4, -0.2) is 17.8 Å². The summed E-state index contributed by atoms with van der Waals surface area (Å²) in [6.45, 7) is 3.82. The number of pyridine rings is 1. The van der Waals surface area contributed by atoms with Gasteiger partial charge in [0.2, 0.25) is 0 Å². The fourth-order valence-electron chi connectivity index (χ4n) is 1.71. The molecule has 0 aliphatic carbocycles. The van der Waals surface area contributed by atoms with E-state index in [0.29, 0.717) is 19.8 Å². The second-order valence-electron chi connectivity index (χ2n) is 3.60. The standard InChI is InChI=1S/C13H15NO2/c1-2-16-10-9-14-8-7-11-5-3-4-6-12(11)13(14)15/h3-8H,2,9-10H2,1H3. The second kappa shape index (κ2) is 4.94. The zero-order valence-electron chi connectivity index (χ0n) is 9.35. The molecule has 1 heterocycles. The van der Waals surface area contributed by atoms with Crippen molar-refractivity contribution in [3.63, 3.8) is 0 Å². The average Bonchev–Trinajstić information content (AvgIpc) is 2.33. The Bertz CT molecular complexity index is 531. The molecule has 0 amide bonds. The first-order valence-corrected chi connectivity index (χ1v) is 5.49. The van der Waals surface area contributed by atoms with Crippen LogP contribution in [0.4, 0.5) is 0 Å². The van der Waals surface area contributed by atoms with E-state index in [2.05, 4.69) is 0 Å². The van der Waals surface area contributed by atoms with Crippen molar-refractivity contribution < 1.29 is 4.74 Å². The van der Waals surface area contributed by atoms with Crippen LogP contribution in [0.2, 0.25) is 0 Å². The van der Waals surface area contributed by atoms with E-state index in [-0.39, 0.29) is 5.56 Å². The molecule has 0 radical (unpaired) electrons. The third-order valence-electron chi connectivity index (χ3n) is 2.57. The molecule has 0 aliphatic rings. The zero-order chi connectivity index (χ0) is 11.4. The number of rotatable bonds is 4. The summed E-state index contributed by atoms with van der Waals surface area (Å²) in [6, 6.07) is 9.59. The minimum Gasteiger partial charge on any atom is -0.380 e. The van der Waals surface area contributed by atoms with Gasteiger partial charge in [-0.3, -0.25) is 4.79 Å². The summed E-state index contributed by atoms with van der Waals surface area (Å²) >= 11 is 0. The molecule has 1 aromatic carbocycles. The van der Waals surface area contributed by atoms with Gasteiger partial charge < -0.3 is 9.30 Å². The minimum absolute atomic E-state index is 0.0535. The Morgan fingerprint density at radius 1 is 1.25 bits per heavy atom. The number of fused-ring (bicyclic) bond motifs is 1. The molecule has 2 rings (SSSR count). The molecule has 3 heteroatoms. The van der Waals surface area contributed by atoms with E-state index in [0.717, 1.165) is 10.8 Å². The predicted molar refractivity (Wildman–Crippen MR) is 64.7 cm³/mol. The molecule has 0 bridgehead atoms. The van der Waals surface area contributed by atoms with E-state index in [1.165, 1.54) is 0 Å². The van der Waals surface area contributed by atoms with Gasteiger partial charge in [-0.2, -0.15) is 0 Å². The van der Waals surface area contributed by atoms with Gasteiger partial charge in [-0.1, -0.05) is 18.2 Å². The molecule has 0 unspecified atom stereocenters. The maximum Gasteiger partial charge on any atom is 0.258 e. The Kier molecular flexibility index (Phi) is 3.37. The molecule has 2 aromatic rings. The fourth-order valence-corrected chi connectivity index (χ4v) is 1.71. The number of ether oxygens (including phenoxy) is 1. The molecule has 0 atom stereocenters. The van der Waals surface area contributed by atoms with E-state index in [4.69, 9.17) is 4.74 Å². The number of aromatic nitrogens is 1. The van der Waals surface area contributed by atoms with Crippen LogP contribution in [0.25, 0.3) is 10.8 Å². The molecular weight excluding hydrogens is 202 g/mol. The van der Waals surface area contributed by atoms with Crippen LogP contribution in [0.3, 0.4) is 0 Å². The first-order valence-electron chi connectivity index (χ1n) is 5.49. The molecule has 84 valence electrons. The number of hydrogen-bond donors (Lipinski definition) is 0. The summed E-state index contributed by atoms with van der Waals surface area (Å²) in [7, 11) is 0. The summed E-state index contributed by atoms with van der Waals surface area (Å²) in [5, 5.41) is 1.75. The predicted octanol–water partition coefficient (Wildman–Crippen LogP) is 2.04. The topological polar surface area (TPSA) is 31.2 Å². The Morgan fingerprint density at radius 2 is 2.06 bits per heavy atom. The lowest BCUT2D eigenvalue weighted by Gasteiger charge is -2.06. The molecular formula is C13H15NO2. The van der Waals surface area contributed by atoms with Crippen LogP contribution in [0, 0.1) is 0 Å². The Labute approximate surface area is 94.3 Å². The lowest BCUT2D eigenvalue weighted by molar-refractivity contribution is 0.138. The normalized spacial score (nSPS) is 10.8. The monoisotopic (exact) mass is 217 g/mol. The van der Waals surface area contributed by atoms with E-state index in [1.54, 1.807) is 4.57 Å². The first kappa shape index (κ1) is 10.9. The highest BCUT2D eigenvalue weighted by molar-refractivity contribution is 5.81. The molecule has 0 aliphatic heterocycles. The van der Waals surface area contributed by atoms with Crippen LogP contribution in [-0.2, 0) is 11.3 Å². The highest BCUT2D eigenvalue weighted by atomic mass is 16.5.